The number of hydrogen-bond acceptors (Lipinski definition) is 3. The van der Waals surface area contributed by atoms with Crippen molar-refractivity contribution < 1.29 is 4.74 Å². The summed E-state index contributed by atoms with van der Waals surface area (Å²) in [4.78, 5) is 4.33. The van der Waals surface area contributed by atoms with Gasteiger partial charge in [0.15, 0.2) is 0 Å². The van der Waals surface area contributed by atoms with Crippen molar-refractivity contribution in [2.45, 2.75) is 59.1 Å². The zero-order valence-corrected chi connectivity index (χ0v) is 12.4. The van der Waals surface area contributed by atoms with Gasteiger partial charge in [-0.2, -0.15) is 0 Å². The minimum absolute atomic E-state index is 0.343. The van der Waals surface area contributed by atoms with Gasteiger partial charge >= 0.3 is 0 Å². The van der Waals surface area contributed by atoms with E-state index in [9.17, 15) is 0 Å². The van der Waals surface area contributed by atoms with E-state index >= 15 is 0 Å². The molecule has 0 aromatic carbocycles. The van der Waals surface area contributed by atoms with Gasteiger partial charge in [0.25, 0.3) is 0 Å². The number of rotatable bonds is 5. The summed E-state index contributed by atoms with van der Waals surface area (Å²) in [7, 11) is 0. The maximum atomic E-state index is 6.03. The maximum Gasteiger partial charge on any atom is 0.213 e. The lowest BCUT2D eigenvalue weighted by atomic mass is 9.76. The Labute approximate surface area is 116 Å². The smallest absolute Gasteiger partial charge is 0.213 e. The molecule has 0 atom stereocenters. The minimum atomic E-state index is 0.343. The molecule has 1 aromatic heterocycles. The van der Waals surface area contributed by atoms with Crippen molar-refractivity contribution in [1.29, 1.82) is 0 Å². The maximum absolute atomic E-state index is 6.03. The Morgan fingerprint density at radius 2 is 2.11 bits per heavy atom. The molecule has 1 N–H and O–H groups in total. The molecule has 1 aliphatic carbocycles. The number of aromatic nitrogens is 1. The fourth-order valence-electron chi connectivity index (χ4n) is 2.56. The van der Waals surface area contributed by atoms with E-state index in [4.69, 9.17) is 4.74 Å². The molecule has 19 heavy (non-hydrogen) atoms. The van der Waals surface area contributed by atoms with Gasteiger partial charge in [0.1, 0.15) is 6.10 Å². The normalized spacial score (nSPS) is 19.3. The van der Waals surface area contributed by atoms with E-state index in [2.05, 4.69) is 37.1 Å². The van der Waals surface area contributed by atoms with E-state index < -0.39 is 0 Å². The number of pyridine rings is 1. The highest BCUT2D eigenvalue weighted by Crippen LogP contribution is 2.36. The lowest BCUT2D eigenvalue weighted by molar-refractivity contribution is 0.0948. The van der Waals surface area contributed by atoms with Gasteiger partial charge in [0, 0.05) is 18.8 Å². The monoisotopic (exact) mass is 262 g/mol. The Kier molecular flexibility index (Phi) is 4.81. The molecule has 1 heterocycles. The highest BCUT2D eigenvalue weighted by Gasteiger charge is 2.27. The van der Waals surface area contributed by atoms with E-state index in [1.807, 2.05) is 12.3 Å². The van der Waals surface area contributed by atoms with Crippen molar-refractivity contribution in [3.05, 3.63) is 23.9 Å². The highest BCUT2D eigenvalue weighted by atomic mass is 16.5. The van der Waals surface area contributed by atoms with Crippen molar-refractivity contribution >= 4 is 0 Å². The van der Waals surface area contributed by atoms with E-state index in [0.717, 1.165) is 31.8 Å². The molecule has 3 heteroatoms. The Morgan fingerprint density at radius 1 is 1.37 bits per heavy atom. The number of nitrogens with zero attached hydrogens (tertiary/aromatic N) is 1. The molecular weight excluding hydrogens is 236 g/mol. The van der Waals surface area contributed by atoms with Crippen LogP contribution in [0.15, 0.2) is 18.3 Å². The van der Waals surface area contributed by atoms with Gasteiger partial charge in [-0.3, -0.25) is 0 Å². The molecule has 1 aromatic rings. The summed E-state index contributed by atoms with van der Waals surface area (Å²) < 4.78 is 6.03. The Hall–Kier alpha value is -1.09. The molecular formula is C16H26N2O. The SMILES string of the molecule is CCNCc1ccnc(OC2CCC(C)(C)CC2)c1. The Bertz CT molecular complexity index is 393. The highest BCUT2D eigenvalue weighted by molar-refractivity contribution is 5.20. The van der Waals surface area contributed by atoms with Crippen LogP contribution < -0.4 is 10.1 Å². The average molecular weight is 262 g/mol. The molecule has 1 saturated carbocycles. The molecule has 0 spiro atoms. The summed E-state index contributed by atoms with van der Waals surface area (Å²) in [5.74, 6) is 0.778. The van der Waals surface area contributed by atoms with Crippen LogP contribution in [0.3, 0.4) is 0 Å². The number of nitrogens with one attached hydrogen (secondary N) is 1. The predicted octanol–water partition coefficient (Wildman–Crippen LogP) is 3.54. The quantitative estimate of drug-likeness (QED) is 0.881. The van der Waals surface area contributed by atoms with E-state index in [-0.39, 0.29) is 0 Å². The lowest BCUT2D eigenvalue weighted by Gasteiger charge is -2.34. The van der Waals surface area contributed by atoms with Crippen LogP contribution in [0, 0.1) is 5.41 Å². The topological polar surface area (TPSA) is 34.2 Å². The summed E-state index contributed by atoms with van der Waals surface area (Å²) in [6.07, 6.45) is 6.96. The van der Waals surface area contributed by atoms with Crippen LogP contribution in [0.4, 0.5) is 0 Å². The van der Waals surface area contributed by atoms with Crippen LogP contribution >= 0.6 is 0 Å². The van der Waals surface area contributed by atoms with Gasteiger partial charge in [-0.1, -0.05) is 20.8 Å². The molecule has 2 rings (SSSR count). The summed E-state index contributed by atoms with van der Waals surface area (Å²) in [6.45, 7) is 8.67. The third-order valence-electron chi connectivity index (χ3n) is 3.95. The lowest BCUT2D eigenvalue weighted by Crippen LogP contribution is -2.28. The summed E-state index contributed by atoms with van der Waals surface area (Å²) >= 11 is 0. The first kappa shape index (κ1) is 14.3. The van der Waals surface area contributed by atoms with Gasteiger partial charge < -0.3 is 10.1 Å². The largest absolute Gasteiger partial charge is 0.474 e. The molecule has 0 unspecified atom stereocenters. The fourth-order valence-corrected chi connectivity index (χ4v) is 2.56. The molecule has 0 amide bonds. The van der Waals surface area contributed by atoms with Crippen LogP contribution in [0.1, 0.15) is 52.0 Å². The van der Waals surface area contributed by atoms with Crippen LogP contribution in [0.25, 0.3) is 0 Å². The summed E-state index contributed by atoms with van der Waals surface area (Å²) in [5.41, 5.74) is 1.73. The molecule has 106 valence electrons. The van der Waals surface area contributed by atoms with Crippen molar-refractivity contribution in [2.24, 2.45) is 5.41 Å². The molecule has 1 aliphatic rings. The van der Waals surface area contributed by atoms with Crippen molar-refractivity contribution in [3.8, 4) is 5.88 Å². The van der Waals surface area contributed by atoms with Crippen LogP contribution in [0.5, 0.6) is 5.88 Å². The second-order valence-electron chi connectivity index (χ2n) is 6.26. The van der Waals surface area contributed by atoms with Crippen LogP contribution in [-0.2, 0) is 6.54 Å². The molecule has 0 aliphatic heterocycles. The molecule has 0 saturated heterocycles. The van der Waals surface area contributed by atoms with Gasteiger partial charge in [-0.05, 0) is 49.3 Å². The Balaban J connectivity index is 1.89. The first-order valence-electron chi connectivity index (χ1n) is 7.41. The average Bonchev–Trinajstić information content (AvgIpc) is 2.39. The third kappa shape index (κ3) is 4.50. The van der Waals surface area contributed by atoms with Crippen molar-refractivity contribution in [1.82, 2.24) is 10.3 Å². The first-order valence-corrected chi connectivity index (χ1v) is 7.41. The standard InChI is InChI=1S/C16H26N2O/c1-4-17-12-13-7-10-18-15(11-13)19-14-5-8-16(2,3)9-6-14/h7,10-11,14,17H,4-6,8-9,12H2,1-3H3. The third-order valence-corrected chi connectivity index (χ3v) is 3.95. The van der Waals surface area contributed by atoms with Gasteiger partial charge in [-0.25, -0.2) is 4.98 Å². The number of ether oxygens (including phenoxy) is 1. The van der Waals surface area contributed by atoms with Crippen molar-refractivity contribution in [2.75, 3.05) is 6.54 Å². The first-order chi connectivity index (χ1) is 9.09. The van der Waals surface area contributed by atoms with Gasteiger partial charge in [-0.15, -0.1) is 0 Å². The Morgan fingerprint density at radius 3 is 2.79 bits per heavy atom. The molecule has 1 fully saturated rings. The zero-order valence-electron chi connectivity index (χ0n) is 12.4. The van der Waals surface area contributed by atoms with Crippen LogP contribution in [0.2, 0.25) is 0 Å². The predicted molar refractivity (Wildman–Crippen MR) is 78.3 cm³/mol. The van der Waals surface area contributed by atoms with Gasteiger partial charge in [0.2, 0.25) is 5.88 Å². The van der Waals surface area contributed by atoms with Gasteiger partial charge in [0.05, 0.1) is 0 Å². The van der Waals surface area contributed by atoms with E-state index in [0.29, 0.717) is 11.5 Å². The molecule has 3 nitrogen and oxygen atoms in total. The van der Waals surface area contributed by atoms with Crippen molar-refractivity contribution in [3.63, 3.8) is 0 Å². The summed E-state index contributed by atoms with van der Waals surface area (Å²) in [5, 5.41) is 3.32. The van der Waals surface area contributed by atoms with E-state index in [1.165, 1.54) is 18.4 Å². The second kappa shape index (κ2) is 6.38. The van der Waals surface area contributed by atoms with Crippen LogP contribution in [-0.4, -0.2) is 17.6 Å². The fraction of sp³-hybridized carbons (Fsp3) is 0.688. The zero-order chi connectivity index (χ0) is 13.7. The minimum Gasteiger partial charge on any atom is -0.474 e. The second-order valence-corrected chi connectivity index (χ2v) is 6.26. The summed E-state index contributed by atoms with van der Waals surface area (Å²) in [6, 6.07) is 4.10. The molecule has 0 radical (unpaired) electrons. The molecule has 0 bridgehead atoms. The number of hydrogen-bond donors (Lipinski definition) is 1. The van der Waals surface area contributed by atoms with E-state index in [1.54, 1.807) is 0 Å².